The molecule has 1 aliphatic rings. The van der Waals surface area contributed by atoms with Crippen molar-refractivity contribution < 1.29 is 4.79 Å². The largest absolute Gasteiger partial charge is 0.339 e. The van der Waals surface area contributed by atoms with Gasteiger partial charge in [0.15, 0.2) is 5.82 Å². The molecule has 1 aromatic carbocycles. The number of carbonyl (C=O) groups excluding carboxylic acids is 1. The molecule has 0 radical (unpaired) electrons. The minimum atomic E-state index is 0.0156. The lowest BCUT2D eigenvalue weighted by Crippen LogP contribution is -2.48. The van der Waals surface area contributed by atoms with Crippen molar-refractivity contribution in [2.24, 2.45) is 0 Å². The van der Waals surface area contributed by atoms with Gasteiger partial charge in [-0.3, -0.25) is 9.69 Å². The van der Waals surface area contributed by atoms with Gasteiger partial charge in [-0.15, -0.1) is 11.6 Å². The second-order valence-corrected chi connectivity index (χ2v) is 5.84. The molecule has 2 heterocycles. The van der Waals surface area contributed by atoms with Crippen molar-refractivity contribution in [2.45, 2.75) is 6.54 Å². The van der Waals surface area contributed by atoms with Crippen molar-refractivity contribution in [1.82, 2.24) is 19.8 Å². The first-order valence-electron chi connectivity index (χ1n) is 7.68. The average molecular weight is 331 g/mol. The summed E-state index contributed by atoms with van der Waals surface area (Å²) in [6.07, 6.45) is 3.76. The number of halogens is 1. The summed E-state index contributed by atoms with van der Waals surface area (Å²) in [4.78, 5) is 24.6. The first-order chi connectivity index (χ1) is 11.3. The third kappa shape index (κ3) is 4.06. The number of piperazine rings is 1. The Labute approximate surface area is 140 Å². The van der Waals surface area contributed by atoms with E-state index in [0.717, 1.165) is 49.7 Å². The van der Waals surface area contributed by atoms with Crippen LogP contribution in [0.1, 0.15) is 5.56 Å². The number of rotatable bonds is 4. The molecule has 2 aromatic rings. The highest BCUT2D eigenvalue weighted by molar-refractivity contribution is 6.27. The van der Waals surface area contributed by atoms with Crippen LogP contribution in [0.3, 0.4) is 0 Å². The molecule has 1 amide bonds. The van der Waals surface area contributed by atoms with E-state index in [1.165, 1.54) is 0 Å². The average Bonchev–Trinajstić information content (AvgIpc) is 2.63. The first-order valence-corrected chi connectivity index (χ1v) is 8.22. The lowest BCUT2D eigenvalue weighted by atomic mass is 10.2. The number of carbonyl (C=O) groups is 1. The van der Waals surface area contributed by atoms with E-state index in [4.69, 9.17) is 11.6 Å². The van der Waals surface area contributed by atoms with E-state index < -0.39 is 0 Å². The summed E-state index contributed by atoms with van der Waals surface area (Å²) in [5.41, 5.74) is 2.11. The lowest BCUT2D eigenvalue weighted by Gasteiger charge is -2.34. The third-order valence-electron chi connectivity index (χ3n) is 3.98. The summed E-state index contributed by atoms with van der Waals surface area (Å²) < 4.78 is 0. The van der Waals surface area contributed by atoms with Gasteiger partial charge in [-0.25, -0.2) is 9.97 Å². The van der Waals surface area contributed by atoms with Gasteiger partial charge < -0.3 is 4.90 Å². The molecule has 0 N–H and O–H groups in total. The molecule has 0 atom stereocenters. The van der Waals surface area contributed by atoms with Crippen molar-refractivity contribution in [2.75, 3.05) is 32.1 Å². The summed E-state index contributed by atoms with van der Waals surface area (Å²) in [6, 6.07) is 9.94. The first kappa shape index (κ1) is 15.9. The van der Waals surface area contributed by atoms with Gasteiger partial charge in [0.05, 0.1) is 0 Å². The number of hydrogen-bond acceptors (Lipinski definition) is 4. The monoisotopic (exact) mass is 330 g/mol. The molecule has 5 nitrogen and oxygen atoms in total. The van der Waals surface area contributed by atoms with E-state index in [0.29, 0.717) is 0 Å². The molecule has 1 aliphatic heterocycles. The van der Waals surface area contributed by atoms with Gasteiger partial charge in [0.2, 0.25) is 5.91 Å². The van der Waals surface area contributed by atoms with Crippen LogP contribution < -0.4 is 0 Å². The normalized spacial score (nSPS) is 15.6. The Balaban J connectivity index is 1.56. The predicted octanol–water partition coefficient (Wildman–Crippen LogP) is 2.03. The Morgan fingerprint density at radius 3 is 2.30 bits per heavy atom. The van der Waals surface area contributed by atoms with Gasteiger partial charge in [-0.1, -0.05) is 30.3 Å². The van der Waals surface area contributed by atoms with Crippen LogP contribution in [0.15, 0.2) is 42.7 Å². The highest BCUT2D eigenvalue weighted by Gasteiger charge is 2.20. The molecule has 1 saturated heterocycles. The fourth-order valence-corrected chi connectivity index (χ4v) is 2.84. The van der Waals surface area contributed by atoms with Crippen LogP contribution >= 0.6 is 11.6 Å². The topological polar surface area (TPSA) is 49.3 Å². The van der Waals surface area contributed by atoms with Crippen LogP contribution in [0.25, 0.3) is 11.4 Å². The molecule has 23 heavy (non-hydrogen) atoms. The number of amides is 1. The molecule has 0 bridgehead atoms. The van der Waals surface area contributed by atoms with Crippen LogP contribution in [-0.2, 0) is 11.3 Å². The van der Waals surface area contributed by atoms with E-state index in [1.807, 2.05) is 47.6 Å². The Morgan fingerprint density at radius 1 is 1.04 bits per heavy atom. The van der Waals surface area contributed by atoms with Crippen LogP contribution in [0, 0.1) is 0 Å². The summed E-state index contributed by atoms with van der Waals surface area (Å²) >= 11 is 5.60. The maximum absolute atomic E-state index is 11.6. The molecule has 120 valence electrons. The van der Waals surface area contributed by atoms with Gasteiger partial charge in [0, 0.05) is 56.2 Å². The highest BCUT2D eigenvalue weighted by Crippen LogP contribution is 2.14. The highest BCUT2D eigenvalue weighted by atomic mass is 35.5. The molecular formula is C17H19ClN4O. The van der Waals surface area contributed by atoms with E-state index in [2.05, 4.69) is 14.9 Å². The van der Waals surface area contributed by atoms with Gasteiger partial charge in [-0.2, -0.15) is 0 Å². The molecule has 0 saturated carbocycles. The fourth-order valence-electron chi connectivity index (χ4n) is 2.67. The number of alkyl halides is 1. The van der Waals surface area contributed by atoms with Crippen LogP contribution in [0.5, 0.6) is 0 Å². The van der Waals surface area contributed by atoms with E-state index >= 15 is 0 Å². The van der Waals surface area contributed by atoms with Crippen molar-refractivity contribution in [3.05, 3.63) is 48.3 Å². The molecule has 0 spiro atoms. The second kappa shape index (κ2) is 7.53. The van der Waals surface area contributed by atoms with E-state index in [-0.39, 0.29) is 11.8 Å². The minimum Gasteiger partial charge on any atom is -0.339 e. The van der Waals surface area contributed by atoms with Crippen molar-refractivity contribution in [1.29, 1.82) is 0 Å². The minimum absolute atomic E-state index is 0.0156. The van der Waals surface area contributed by atoms with Crippen LogP contribution in [0.2, 0.25) is 0 Å². The summed E-state index contributed by atoms with van der Waals surface area (Å²) in [5.74, 6) is 0.822. The molecule has 0 unspecified atom stereocenters. The summed E-state index contributed by atoms with van der Waals surface area (Å²) in [5, 5.41) is 0. The Morgan fingerprint density at radius 2 is 1.70 bits per heavy atom. The smallest absolute Gasteiger partial charge is 0.237 e. The Hall–Kier alpha value is -1.98. The number of aromatic nitrogens is 2. The van der Waals surface area contributed by atoms with Gasteiger partial charge >= 0.3 is 0 Å². The zero-order chi connectivity index (χ0) is 16.1. The van der Waals surface area contributed by atoms with E-state index in [9.17, 15) is 4.79 Å². The lowest BCUT2D eigenvalue weighted by molar-refractivity contribution is -0.130. The van der Waals surface area contributed by atoms with Gasteiger partial charge in [0.25, 0.3) is 0 Å². The quantitative estimate of drug-likeness (QED) is 0.805. The summed E-state index contributed by atoms with van der Waals surface area (Å²) in [6.45, 7) is 3.97. The number of nitrogens with zero attached hydrogens (tertiary/aromatic N) is 4. The standard InChI is InChI=1S/C17H19ClN4O/c18-10-16(23)22-8-6-21(7-9-22)13-14-11-19-17(20-12-14)15-4-2-1-3-5-15/h1-5,11-12H,6-10,13H2. The number of hydrogen-bond donors (Lipinski definition) is 0. The zero-order valence-electron chi connectivity index (χ0n) is 12.9. The molecule has 1 aromatic heterocycles. The Bertz CT molecular complexity index is 639. The van der Waals surface area contributed by atoms with Gasteiger partial charge in [-0.05, 0) is 0 Å². The predicted molar refractivity (Wildman–Crippen MR) is 90.0 cm³/mol. The van der Waals surface area contributed by atoms with Gasteiger partial charge in [0.1, 0.15) is 5.88 Å². The molecular weight excluding hydrogens is 312 g/mol. The summed E-state index contributed by atoms with van der Waals surface area (Å²) in [7, 11) is 0. The van der Waals surface area contributed by atoms with Crippen molar-refractivity contribution >= 4 is 17.5 Å². The molecule has 1 fully saturated rings. The fraction of sp³-hybridized carbons (Fsp3) is 0.353. The Kier molecular flexibility index (Phi) is 5.20. The molecule has 3 rings (SSSR count). The third-order valence-corrected chi connectivity index (χ3v) is 4.21. The molecule has 0 aliphatic carbocycles. The van der Waals surface area contributed by atoms with E-state index in [1.54, 1.807) is 0 Å². The van der Waals surface area contributed by atoms with Crippen LogP contribution in [-0.4, -0.2) is 57.7 Å². The zero-order valence-corrected chi connectivity index (χ0v) is 13.6. The van der Waals surface area contributed by atoms with Crippen molar-refractivity contribution in [3.63, 3.8) is 0 Å². The maximum atomic E-state index is 11.6. The maximum Gasteiger partial charge on any atom is 0.237 e. The second-order valence-electron chi connectivity index (χ2n) is 5.57. The molecule has 6 heteroatoms. The van der Waals surface area contributed by atoms with Crippen molar-refractivity contribution in [3.8, 4) is 11.4 Å². The SMILES string of the molecule is O=C(CCl)N1CCN(Cc2cnc(-c3ccccc3)nc2)CC1. The van der Waals surface area contributed by atoms with Crippen LogP contribution in [0.4, 0.5) is 0 Å². The number of benzene rings is 1.